The summed E-state index contributed by atoms with van der Waals surface area (Å²) in [5.74, 6) is -0.0649. The summed E-state index contributed by atoms with van der Waals surface area (Å²) in [5, 5.41) is 5.55. The first-order chi connectivity index (χ1) is 8.65. The summed E-state index contributed by atoms with van der Waals surface area (Å²) >= 11 is 0. The molecule has 2 aliphatic rings. The van der Waals surface area contributed by atoms with E-state index in [2.05, 4.69) is 10.6 Å². The average Bonchev–Trinajstić information content (AvgIpc) is 2.69. The minimum Gasteiger partial charge on any atom is -0.399 e. The van der Waals surface area contributed by atoms with Gasteiger partial charge < -0.3 is 21.3 Å². The summed E-state index contributed by atoms with van der Waals surface area (Å²) in [6.45, 7) is 0.606. The molecule has 1 aromatic carbocycles. The number of nitrogens with one attached hydrogen (secondary N) is 2. The lowest BCUT2D eigenvalue weighted by Gasteiger charge is -2.35. The highest BCUT2D eigenvalue weighted by Gasteiger charge is 2.49. The van der Waals surface area contributed by atoms with Gasteiger partial charge in [-0.2, -0.15) is 0 Å². The predicted octanol–water partition coefficient (Wildman–Crippen LogP) is 0.373. The number of carbonyl (C=O) groups is 2. The van der Waals surface area contributed by atoms with Gasteiger partial charge in [0.15, 0.2) is 0 Å². The third-order valence-electron chi connectivity index (χ3n) is 3.42. The maximum Gasteiger partial charge on any atom is 0.322 e. The fourth-order valence-corrected chi connectivity index (χ4v) is 2.43. The summed E-state index contributed by atoms with van der Waals surface area (Å²) in [5.41, 5.74) is 6.90. The molecule has 2 fully saturated rings. The van der Waals surface area contributed by atoms with E-state index < -0.39 is 0 Å². The molecular formula is C12H14N4O2. The molecule has 1 aromatic rings. The van der Waals surface area contributed by atoms with Crippen molar-refractivity contribution in [1.82, 2.24) is 10.2 Å². The number of fused-ring (bicyclic) bond motifs is 1. The Morgan fingerprint density at radius 1 is 1.39 bits per heavy atom. The first kappa shape index (κ1) is 10.9. The van der Waals surface area contributed by atoms with Crippen molar-refractivity contribution in [2.45, 2.75) is 18.5 Å². The lowest BCUT2D eigenvalue weighted by Crippen LogP contribution is -2.65. The number of benzene rings is 1. The Labute approximate surface area is 104 Å². The SMILES string of the molecule is Nc1ccc(NC(=O)N2CC[C@H]3NC(=O)[C@H]32)cc1. The normalized spacial score (nSPS) is 25.1. The molecule has 0 bridgehead atoms. The zero-order chi connectivity index (χ0) is 12.7. The minimum absolute atomic E-state index is 0.0649. The molecule has 2 saturated heterocycles. The molecule has 4 N–H and O–H groups in total. The van der Waals surface area contributed by atoms with E-state index in [4.69, 9.17) is 5.73 Å². The Bertz CT molecular complexity index is 499. The fourth-order valence-electron chi connectivity index (χ4n) is 2.43. The molecule has 0 spiro atoms. The van der Waals surface area contributed by atoms with Crippen LogP contribution in [0.15, 0.2) is 24.3 Å². The first-order valence-electron chi connectivity index (χ1n) is 5.89. The number of anilines is 2. The van der Waals surface area contributed by atoms with Gasteiger partial charge in [0, 0.05) is 17.9 Å². The van der Waals surface area contributed by atoms with Crippen LogP contribution in [0, 0.1) is 0 Å². The van der Waals surface area contributed by atoms with Gasteiger partial charge in [-0.3, -0.25) is 4.79 Å². The monoisotopic (exact) mass is 246 g/mol. The molecular weight excluding hydrogens is 232 g/mol. The van der Waals surface area contributed by atoms with Gasteiger partial charge in [0.05, 0.1) is 6.04 Å². The van der Waals surface area contributed by atoms with Crippen LogP contribution in [0.2, 0.25) is 0 Å². The molecule has 0 unspecified atom stereocenters. The van der Waals surface area contributed by atoms with Gasteiger partial charge in [0.2, 0.25) is 5.91 Å². The van der Waals surface area contributed by atoms with Crippen molar-refractivity contribution in [1.29, 1.82) is 0 Å². The van der Waals surface area contributed by atoms with Crippen LogP contribution in [-0.2, 0) is 4.79 Å². The van der Waals surface area contributed by atoms with Crippen molar-refractivity contribution in [3.05, 3.63) is 24.3 Å². The van der Waals surface area contributed by atoms with E-state index in [0.717, 1.165) is 6.42 Å². The zero-order valence-electron chi connectivity index (χ0n) is 9.72. The number of β-lactam (4-membered cyclic amide) rings is 1. The van der Waals surface area contributed by atoms with Gasteiger partial charge >= 0.3 is 6.03 Å². The fraction of sp³-hybridized carbons (Fsp3) is 0.333. The largest absolute Gasteiger partial charge is 0.399 e. The van der Waals surface area contributed by atoms with Crippen LogP contribution >= 0.6 is 0 Å². The van der Waals surface area contributed by atoms with Crippen molar-refractivity contribution in [3.63, 3.8) is 0 Å². The molecule has 94 valence electrons. The van der Waals surface area contributed by atoms with Crippen molar-refractivity contribution < 1.29 is 9.59 Å². The third kappa shape index (κ3) is 1.66. The zero-order valence-corrected chi connectivity index (χ0v) is 9.72. The van der Waals surface area contributed by atoms with E-state index in [1.165, 1.54) is 0 Å². The van der Waals surface area contributed by atoms with Gasteiger partial charge in [-0.1, -0.05) is 0 Å². The van der Waals surface area contributed by atoms with Crippen LogP contribution in [0.3, 0.4) is 0 Å². The number of urea groups is 1. The second kappa shape index (κ2) is 3.90. The van der Waals surface area contributed by atoms with Crippen molar-refractivity contribution in [2.75, 3.05) is 17.6 Å². The number of amides is 3. The topological polar surface area (TPSA) is 87.5 Å². The second-order valence-electron chi connectivity index (χ2n) is 4.59. The number of rotatable bonds is 1. The minimum atomic E-state index is -0.293. The molecule has 6 heteroatoms. The third-order valence-corrected chi connectivity index (χ3v) is 3.42. The molecule has 2 heterocycles. The molecule has 0 aromatic heterocycles. The van der Waals surface area contributed by atoms with Crippen molar-refractivity contribution in [2.24, 2.45) is 0 Å². The summed E-state index contributed by atoms with van der Waals surface area (Å²) < 4.78 is 0. The molecule has 2 aliphatic heterocycles. The number of nitrogens with zero attached hydrogens (tertiary/aromatic N) is 1. The Morgan fingerprint density at radius 3 is 2.78 bits per heavy atom. The predicted molar refractivity (Wildman–Crippen MR) is 66.9 cm³/mol. The van der Waals surface area contributed by atoms with Gasteiger partial charge in [-0.15, -0.1) is 0 Å². The highest BCUT2D eigenvalue weighted by molar-refractivity contribution is 5.97. The lowest BCUT2D eigenvalue weighted by molar-refractivity contribution is -0.132. The van der Waals surface area contributed by atoms with Crippen LogP contribution in [0.1, 0.15) is 6.42 Å². The van der Waals surface area contributed by atoms with E-state index in [9.17, 15) is 9.59 Å². The number of likely N-dealkylation sites (tertiary alicyclic amines) is 1. The Hall–Kier alpha value is -2.24. The quantitative estimate of drug-likeness (QED) is 0.494. The summed E-state index contributed by atoms with van der Waals surface area (Å²) in [7, 11) is 0. The summed E-state index contributed by atoms with van der Waals surface area (Å²) in [6.07, 6.45) is 0.825. The highest BCUT2D eigenvalue weighted by atomic mass is 16.2. The van der Waals surface area contributed by atoms with Crippen LogP contribution < -0.4 is 16.4 Å². The van der Waals surface area contributed by atoms with E-state index in [-0.39, 0.29) is 24.0 Å². The maximum absolute atomic E-state index is 12.0. The molecule has 2 atom stereocenters. The van der Waals surface area contributed by atoms with E-state index in [0.29, 0.717) is 17.9 Å². The van der Waals surface area contributed by atoms with E-state index >= 15 is 0 Å². The molecule has 6 nitrogen and oxygen atoms in total. The number of hydrogen-bond donors (Lipinski definition) is 3. The number of nitrogen functional groups attached to an aromatic ring is 1. The average molecular weight is 246 g/mol. The number of carbonyl (C=O) groups excluding carboxylic acids is 2. The Balaban J connectivity index is 1.68. The summed E-state index contributed by atoms with van der Waals surface area (Å²) in [4.78, 5) is 25.0. The Kier molecular flexibility index (Phi) is 2.36. The van der Waals surface area contributed by atoms with Gasteiger partial charge in [-0.25, -0.2) is 4.79 Å². The Morgan fingerprint density at radius 2 is 2.11 bits per heavy atom. The van der Waals surface area contributed by atoms with Crippen LogP contribution in [0.5, 0.6) is 0 Å². The number of nitrogens with two attached hydrogens (primary N) is 1. The maximum atomic E-state index is 12.0. The highest BCUT2D eigenvalue weighted by Crippen LogP contribution is 2.26. The molecule has 3 rings (SSSR count). The smallest absolute Gasteiger partial charge is 0.322 e. The molecule has 18 heavy (non-hydrogen) atoms. The van der Waals surface area contributed by atoms with Crippen molar-refractivity contribution >= 4 is 23.3 Å². The lowest BCUT2D eigenvalue weighted by atomic mass is 10.0. The molecule has 0 aliphatic carbocycles. The first-order valence-corrected chi connectivity index (χ1v) is 5.89. The van der Waals surface area contributed by atoms with Crippen LogP contribution in [-0.4, -0.2) is 35.5 Å². The van der Waals surface area contributed by atoms with Gasteiger partial charge in [0.25, 0.3) is 0 Å². The molecule has 0 radical (unpaired) electrons. The molecule has 0 saturated carbocycles. The summed E-state index contributed by atoms with van der Waals surface area (Å²) in [6, 6.07) is 6.52. The van der Waals surface area contributed by atoms with Crippen molar-refractivity contribution in [3.8, 4) is 0 Å². The van der Waals surface area contributed by atoms with Crippen LogP contribution in [0.4, 0.5) is 16.2 Å². The van der Waals surface area contributed by atoms with Gasteiger partial charge in [0.1, 0.15) is 6.04 Å². The second-order valence-corrected chi connectivity index (χ2v) is 4.59. The standard InChI is InChI=1S/C12H14N4O2/c13-7-1-3-8(4-2-7)14-12(18)16-6-5-9-10(16)11(17)15-9/h1-4,9-10H,5-6,13H2,(H,14,18)(H,15,17)/t9-,10+/m1/s1. The van der Waals surface area contributed by atoms with Gasteiger partial charge in [-0.05, 0) is 30.7 Å². The number of hydrogen-bond acceptors (Lipinski definition) is 3. The van der Waals surface area contributed by atoms with Crippen LogP contribution in [0.25, 0.3) is 0 Å². The molecule has 3 amide bonds. The van der Waals surface area contributed by atoms with E-state index in [1.807, 2.05) is 0 Å². The van der Waals surface area contributed by atoms with E-state index in [1.54, 1.807) is 29.2 Å².